The van der Waals surface area contributed by atoms with Crippen molar-refractivity contribution >= 4 is 23.2 Å². The highest BCUT2D eigenvalue weighted by molar-refractivity contribution is 5.98. The maximum Gasteiger partial charge on any atom is 0.254 e. The lowest BCUT2D eigenvalue weighted by Crippen LogP contribution is -2.40. The molecule has 0 saturated carbocycles. The SMILES string of the molecule is O=C(CNc1ccc(Oc2ccccc2)cc1)Nc1cccc(C(=O)N2CCOCC2)c1. The largest absolute Gasteiger partial charge is 0.457 e. The Labute approximate surface area is 187 Å². The second-order valence-corrected chi connectivity index (χ2v) is 7.33. The van der Waals surface area contributed by atoms with Crippen LogP contribution in [0.1, 0.15) is 10.4 Å². The van der Waals surface area contributed by atoms with Crippen molar-refractivity contribution in [2.75, 3.05) is 43.5 Å². The zero-order valence-electron chi connectivity index (χ0n) is 17.6. The number of rotatable bonds is 7. The molecular formula is C25H25N3O4. The molecule has 1 aliphatic rings. The summed E-state index contributed by atoms with van der Waals surface area (Å²) in [6.45, 7) is 2.35. The van der Waals surface area contributed by atoms with Crippen LogP contribution in [-0.4, -0.2) is 49.6 Å². The summed E-state index contributed by atoms with van der Waals surface area (Å²) in [7, 11) is 0. The predicted molar refractivity (Wildman–Crippen MR) is 123 cm³/mol. The van der Waals surface area contributed by atoms with Gasteiger partial charge in [0.2, 0.25) is 5.91 Å². The average Bonchev–Trinajstić information content (AvgIpc) is 2.84. The number of hydrogen-bond donors (Lipinski definition) is 2. The first-order valence-corrected chi connectivity index (χ1v) is 10.5. The maximum absolute atomic E-state index is 12.6. The predicted octanol–water partition coefficient (Wildman–Crippen LogP) is 4.00. The summed E-state index contributed by atoms with van der Waals surface area (Å²) >= 11 is 0. The van der Waals surface area contributed by atoms with Crippen molar-refractivity contribution in [3.8, 4) is 11.5 Å². The molecule has 7 heteroatoms. The normalized spacial score (nSPS) is 13.3. The van der Waals surface area contributed by atoms with E-state index in [9.17, 15) is 9.59 Å². The van der Waals surface area contributed by atoms with E-state index in [4.69, 9.17) is 9.47 Å². The highest BCUT2D eigenvalue weighted by Gasteiger charge is 2.18. The Kier molecular flexibility index (Phi) is 6.99. The van der Waals surface area contributed by atoms with Gasteiger partial charge in [-0.1, -0.05) is 24.3 Å². The third kappa shape index (κ3) is 5.86. The molecule has 1 aliphatic heterocycles. The van der Waals surface area contributed by atoms with Gasteiger partial charge in [0.15, 0.2) is 0 Å². The molecule has 2 N–H and O–H groups in total. The molecule has 4 rings (SSSR count). The number of benzene rings is 3. The number of para-hydroxylation sites is 1. The number of hydrogen-bond acceptors (Lipinski definition) is 5. The lowest BCUT2D eigenvalue weighted by atomic mass is 10.1. The lowest BCUT2D eigenvalue weighted by Gasteiger charge is -2.27. The van der Waals surface area contributed by atoms with E-state index in [0.29, 0.717) is 43.3 Å². The van der Waals surface area contributed by atoms with Gasteiger partial charge in [0.05, 0.1) is 19.8 Å². The zero-order valence-corrected chi connectivity index (χ0v) is 17.6. The molecule has 3 aromatic rings. The number of nitrogens with zero attached hydrogens (tertiary/aromatic N) is 1. The van der Waals surface area contributed by atoms with Crippen LogP contribution in [0.3, 0.4) is 0 Å². The molecule has 0 atom stereocenters. The topological polar surface area (TPSA) is 79.9 Å². The number of nitrogens with one attached hydrogen (secondary N) is 2. The second-order valence-electron chi connectivity index (χ2n) is 7.33. The Bertz CT molecular complexity index is 1050. The summed E-state index contributed by atoms with van der Waals surface area (Å²) in [5.74, 6) is 1.22. The molecule has 1 fully saturated rings. The number of anilines is 2. The van der Waals surface area contributed by atoms with Gasteiger partial charge < -0.3 is 25.0 Å². The third-order valence-corrected chi connectivity index (χ3v) is 4.98. The molecule has 0 spiro atoms. The smallest absolute Gasteiger partial charge is 0.254 e. The van der Waals surface area contributed by atoms with Gasteiger partial charge in [0, 0.05) is 30.0 Å². The molecule has 0 bridgehead atoms. The van der Waals surface area contributed by atoms with Crippen molar-refractivity contribution < 1.29 is 19.1 Å². The van der Waals surface area contributed by atoms with E-state index in [-0.39, 0.29) is 18.4 Å². The van der Waals surface area contributed by atoms with Crippen LogP contribution in [0.5, 0.6) is 11.5 Å². The molecule has 0 radical (unpaired) electrons. The fourth-order valence-electron chi connectivity index (χ4n) is 3.33. The number of morpholine rings is 1. The van der Waals surface area contributed by atoms with Crippen molar-refractivity contribution in [1.29, 1.82) is 0 Å². The molecule has 3 aromatic carbocycles. The highest BCUT2D eigenvalue weighted by atomic mass is 16.5. The third-order valence-electron chi connectivity index (χ3n) is 4.98. The van der Waals surface area contributed by atoms with E-state index in [1.54, 1.807) is 29.2 Å². The molecule has 0 unspecified atom stereocenters. The maximum atomic E-state index is 12.6. The zero-order chi connectivity index (χ0) is 22.2. The van der Waals surface area contributed by atoms with Gasteiger partial charge in [0.25, 0.3) is 5.91 Å². The van der Waals surface area contributed by atoms with Crippen molar-refractivity contribution in [2.24, 2.45) is 0 Å². The summed E-state index contributed by atoms with van der Waals surface area (Å²) in [5, 5.41) is 5.92. The van der Waals surface area contributed by atoms with Gasteiger partial charge >= 0.3 is 0 Å². The summed E-state index contributed by atoms with van der Waals surface area (Å²) in [5.41, 5.74) is 1.94. The summed E-state index contributed by atoms with van der Waals surface area (Å²) < 4.78 is 11.1. The van der Waals surface area contributed by atoms with E-state index in [2.05, 4.69) is 10.6 Å². The van der Waals surface area contributed by atoms with Crippen molar-refractivity contribution in [3.05, 3.63) is 84.4 Å². The molecule has 2 amide bonds. The number of carbonyl (C=O) groups excluding carboxylic acids is 2. The van der Waals surface area contributed by atoms with Crippen LogP contribution >= 0.6 is 0 Å². The van der Waals surface area contributed by atoms with Crippen molar-refractivity contribution in [2.45, 2.75) is 0 Å². The molecular weight excluding hydrogens is 406 g/mol. The molecule has 0 aliphatic carbocycles. The average molecular weight is 431 g/mol. The van der Waals surface area contributed by atoms with Crippen molar-refractivity contribution in [3.63, 3.8) is 0 Å². The van der Waals surface area contributed by atoms with Crippen LogP contribution in [0.4, 0.5) is 11.4 Å². The second kappa shape index (κ2) is 10.5. The van der Waals surface area contributed by atoms with Crippen LogP contribution in [0, 0.1) is 0 Å². The van der Waals surface area contributed by atoms with E-state index in [1.807, 2.05) is 54.6 Å². The standard InChI is InChI=1S/C25H25N3O4/c29-24(18-26-20-9-11-23(12-10-20)32-22-7-2-1-3-8-22)27-21-6-4-5-19(17-21)25(30)28-13-15-31-16-14-28/h1-12,17,26H,13-16,18H2,(H,27,29). The minimum absolute atomic E-state index is 0.0552. The molecule has 1 heterocycles. The van der Waals surface area contributed by atoms with E-state index < -0.39 is 0 Å². The minimum atomic E-state index is -0.203. The molecule has 0 aromatic heterocycles. The summed E-state index contributed by atoms with van der Waals surface area (Å²) in [6, 6.07) is 23.9. The number of carbonyl (C=O) groups is 2. The van der Waals surface area contributed by atoms with Crippen LogP contribution in [0.2, 0.25) is 0 Å². The van der Waals surface area contributed by atoms with E-state index in [0.717, 1.165) is 11.4 Å². The van der Waals surface area contributed by atoms with Gasteiger partial charge in [-0.3, -0.25) is 9.59 Å². The van der Waals surface area contributed by atoms with Crippen LogP contribution in [0.25, 0.3) is 0 Å². The van der Waals surface area contributed by atoms with Gasteiger partial charge in [-0.15, -0.1) is 0 Å². The first kappa shape index (κ1) is 21.4. The Morgan fingerprint density at radius 1 is 0.844 bits per heavy atom. The Morgan fingerprint density at radius 2 is 1.56 bits per heavy atom. The fraction of sp³-hybridized carbons (Fsp3) is 0.200. The van der Waals surface area contributed by atoms with E-state index >= 15 is 0 Å². The Hall–Kier alpha value is -3.84. The first-order chi connectivity index (χ1) is 15.7. The quantitative estimate of drug-likeness (QED) is 0.591. The Morgan fingerprint density at radius 3 is 2.31 bits per heavy atom. The monoisotopic (exact) mass is 431 g/mol. The first-order valence-electron chi connectivity index (χ1n) is 10.5. The van der Waals surface area contributed by atoms with Crippen LogP contribution in [-0.2, 0) is 9.53 Å². The molecule has 7 nitrogen and oxygen atoms in total. The van der Waals surface area contributed by atoms with Gasteiger partial charge in [0.1, 0.15) is 11.5 Å². The van der Waals surface area contributed by atoms with E-state index in [1.165, 1.54) is 0 Å². The highest BCUT2D eigenvalue weighted by Crippen LogP contribution is 2.22. The number of ether oxygens (including phenoxy) is 2. The molecule has 164 valence electrons. The summed E-state index contributed by atoms with van der Waals surface area (Å²) in [4.78, 5) is 26.8. The van der Waals surface area contributed by atoms with Gasteiger partial charge in [-0.2, -0.15) is 0 Å². The number of amides is 2. The Balaban J connectivity index is 1.28. The molecule has 32 heavy (non-hydrogen) atoms. The van der Waals surface area contributed by atoms with Crippen LogP contribution < -0.4 is 15.4 Å². The van der Waals surface area contributed by atoms with Gasteiger partial charge in [-0.05, 0) is 54.6 Å². The lowest BCUT2D eigenvalue weighted by molar-refractivity contribution is -0.114. The van der Waals surface area contributed by atoms with Crippen LogP contribution in [0.15, 0.2) is 78.9 Å². The van der Waals surface area contributed by atoms with Crippen molar-refractivity contribution in [1.82, 2.24) is 4.90 Å². The fourth-order valence-corrected chi connectivity index (χ4v) is 3.33. The minimum Gasteiger partial charge on any atom is -0.457 e. The van der Waals surface area contributed by atoms with Gasteiger partial charge in [-0.25, -0.2) is 0 Å². The molecule has 1 saturated heterocycles. The summed E-state index contributed by atoms with van der Waals surface area (Å²) in [6.07, 6.45) is 0.